The second-order valence-corrected chi connectivity index (χ2v) is 3.44. The van der Waals surface area contributed by atoms with Crippen LogP contribution in [-0.4, -0.2) is 26.0 Å². The van der Waals surface area contributed by atoms with E-state index in [0.29, 0.717) is 13.0 Å². The van der Waals surface area contributed by atoms with Gasteiger partial charge in [-0.15, -0.1) is 0 Å². The molecule has 0 fully saturated rings. The maximum Gasteiger partial charge on any atom is 0.220 e. The van der Waals surface area contributed by atoms with Crippen LogP contribution in [-0.2, 0) is 11.2 Å². The third-order valence-corrected chi connectivity index (χ3v) is 2.18. The van der Waals surface area contributed by atoms with E-state index < -0.39 is 0 Å². The molecule has 0 aliphatic heterocycles. The summed E-state index contributed by atoms with van der Waals surface area (Å²) in [7, 11) is 1.87. The zero-order valence-electron chi connectivity index (χ0n) is 9.12. The molecule has 0 unspecified atom stereocenters. The van der Waals surface area contributed by atoms with E-state index in [1.54, 1.807) is 0 Å². The van der Waals surface area contributed by atoms with Crippen molar-refractivity contribution in [3.63, 3.8) is 0 Å². The van der Waals surface area contributed by atoms with Crippen molar-refractivity contribution in [3.05, 3.63) is 35.9 Å². The van der Waals surface area contributed by atoms with E-state index in [9.17, 15) is 4.79 Å². The molecule has 3 nitrogen and oxygen atoms in total. The molecule has 1 aromatic carbocycles. The molecular formula is C12H18N2O. The van der Waals surface area contributed by atoms with Crippen molar-refractivity contribution in [3.8, 4) is 0 Å². The minimum Gasteiger partial charge on any atom is -0.355 e. The lowest BCUT2D eigenvalue weighted by Crippen LogP contribution is -2.30. The van der Waals surface area contributed by atoms with Gasteiger partial charge in [-0.1, -0.05) is 30.3 Å². The van der Waals surface area contributed by atoms with Crippen LogP contribution in [0.5, 0.6) is 0 Å². The highest BCUT2D eigenvalue weighted by molar-refractivity contribution is 5.76. The van der Waals surface area contributed by atoms with E-state index in [2.05, 4.69) is 10.6 Å². The van der Waals surface area contributed by atoms with Gasteiger partial charge in [-0.25, -0.2) is 0 Å². The molecule has 2 N–H and O–H groups in total. The van der Waals surface area contributed by atoms with Crippen molar-refractivity contribution in [2.24, 2.45) is 0 Å². The topological polar surface area (TPSA) is 41.1 Å². The van der Waals surface area contributed by atoms with Crippen molar-refractivity contribution in [1.82, 2.24) is 10.6 Å². The third kappa shape index (κ3) is 5.18. The Hall–Kier alpha value is -1.35. The number of hydrogen-bond donors (Lipinski definition) is 2. The van der Waals surface area contributed by atoms with E-state index in [1.807, 2.05) is 37.4 Å². The normalized spacial score (nSPS) is 9.93. The van der Waals surface area contributed by atoms with Crippen LogP contribution in [0.1, 0.15) is 12.0 Å². The Bertz CT molecular complexity index is 285. The summed E-state index contributed by atoms with van der Waals surface area (Å²) in [5, 5.41) is 5.83. The van der Waals surface area contributed by atoms with E-state index in [1.165, 1.54) is 5.56 Å². The quantitative estimate of drug-likeness (QED) is 0.681. The van der Waals surface area contributed by atoms with Gasteiger partial charge in [-0.3, -0.25) is 4.79 Å². The van der Waals surface area contributed by atoms with Gasteiger partial charge in [-0.2, -0.15) is 0 Å². The largest absolute Gasteiger partial charge is 0.355 e. The molecule has 0 aromatic heterocycles. The Kier molecular flexibility index (Phi) is 5.48. The lowest BCUT2D eigenvalue weighted by molar-refractivity contribution is -0.121. The maximum atomic E-state index is 11.4. The van der Waals surface area contributed by atoms with Gasteiger partial charge in [0.2, 0.25) is 5.91 Å². The summed E-state index contributed by atoms with van der Waals surface area (Å²) in [6.45, 7) is 1.52. The Balaban J connectivity index is 2.17. The molecule has 0 spiro atoms. The van der Waals surface area contributed by atoms with Crippen LogP contribution in [0.3, 0.4) is 0 Å². The van der Waals surface area contributed by atoms with Crippen LogP contribution in [0.25, 0.3) is 0 Å². The second-order valence-electron chi connectivity index (χ2n) is 3.44. The van der Waals surface area contributed by atoms with Gasteiger partial charge in [0.1, 0.15) is 0 Å². The summed E-state index contributed by atoms with van der Waals surface area (Å²) < 4.78 is 0. The number of carbonyl (C=O) groups excluding carboxylic acids is 1. The Morgan fingerprint density at radius 2 is 1.93 bits per heavy atom. The Morgan fingerprint density at radius 3 is 2.60 bits per heavy atom. The van der Waals surface area contributed by atoms with Gasteiger partial charge in [0, 0.05) is 19.5 Å². The predicted octanol–water partition coefficient (Wildman–Crippen LogP) is 0.955. The molecule has 0 saturated heterocycles. The van der Waals surface area contributed by atoms with Crippen molar-refractivity contribution in [1.29, 1.82) is 0 Å². The molecule has 1 aromatic rings. The zero-order valence-corrected chi connectivity index (χ0v) is 9.12. The second kappa shape index (κ2) is 7.01. The fourth-order valence-electron chi connectivity index (χ4n) is 1.32. The fraction of sp³-hybridized carbons (Fsp3) is 0.417. The molecule has 1 amide bonds. The highest BCUT2D eigenvalue weighted by Crippen LogP contribution is 2.01. The van der Waals surface area contributed by atoms with Crippen molar-refractivity contribution >= 4 is 5.91 Å². The minimum absolute atomic E-state index is 0.120. The molecule has 0 saturated carbocycles. The van der Waals surface area contributed by atoms with Crippen molar-refractivity contribution < 1.29 is 4.79 Å². The summed E-state index contributed by atoms with van der Waals surface area (Å²) >= 11 is 0. The molecule has 82 valence electrons. The highest BCUT2D eigenvalue weighted by Gasteiger charge is 2.00. The summed E-state index contributed by atoms with van der Waals surface area (Å²) in [6, 6.07) is 10.1. The van der Waals surface area contributed by atoms with E-state index in [-0.39, 0.29) is 5.91 Å². The number of aryl methyl sites for hydroxylation is 1. The van der Waals surface area contributed by atoms with Gasteiger partial charge in [0.05, 0.1) is 0 Å². The molecule has 0 aliphatic rings. The third-order valence-electron chi connectivity index (χ3n) is 2.18. The number of hydrogen-bond acceptors (Lipinski definition) is 2. The minimum atomic E-state index is 0.120. The summed E-state index contributed by atoms with van der Waals surface area (Å²) in [4.78, 5) is 11.4. The number of likely N-dealkylation sites (N-methyl/N-ethyl adjacent to an activating group) is 1. The predicted molar refractivity (Wildman–Crippen MR) is 61.7 cm³/mol. The molecular weight excluding hydrogens is 188 g/mol. The standard InChI is InChI=1S/C12H18N2O/c1-13-9-10-14-12(15)8-7-11-5-3-2-4-6-11/h2-6,13H,7-10H2,1H3,(H,14,15). The number of nitrogens with one attached hydrogen (secondary N) is 2. The van der Waals surface area contributed by atoms with Gasteiger partial charge in [-0.05, 0) is 19.0 Å². The molecule has 0 atom stereocenters. The van der Waals surface area contributed by atoms with Gasteiger partial charge >= 0.3 is 0 Å². The molecule has 0 heterocycles. The highest BCUT2D eigenvalue weighted by atomic mass is 16.1. The van der Waals surface area contributed by atoms with Crippen LogP contribution in [0.15, 0.2) is 30.3 Å². The first kappa shape index (κ1) is 11.7. The molecule has 1 rings (SSSR count). The smallest absolute Gasteiger partial charge is 0.220 e. The van der Waals surface area contributed by atoms with Crippen LogP contribution in [0.4, 0.5) is 0 Å². The van der Waals surface area contributed by atoms with E-state index >= 15 is 0 Å². The fourth-order valence-corrected chi connectivity index (χ4v) is 1.32. The molecule has 0 aliphatic carbocycles. The van der Waals surface area contributed by atoms with Gasteiger partial charge < -0.3 is 10.6 Å². The summed E-state index contributed by atoms with van der Waals surface area (Å²) in [6.07, 6.45) is 1.37. The molecule has 15 heavy (non-hydrogen) atoms. The van der Waals surface area contributed by atoms with Crippen molar-refractivity contribution in [2.45, 2.75) is 12.8 Å². The lowest BCUT2D eigenvalue weighted by atomic mass is 10.1. The summed E-state index contributed by atoms with van der Waals surface area (Å²) in [5.41, 5.74) is 1.21. The number of carbonyl (C=O) groups is 1. The molecule has 0 bridgehead atoms. The Labute approximate surface area is 90.9 Å². The summed E-state index contributed by atoms with van der Waals surface area (Å²) in [5.74, 6) is 0.120. The average molecular weight is 206 g/mol. The lowest BCUT2D eigenvalue weighted by Gasteiger charge is -2.04. The first-order valence-electron chi connectivity index (χ1n) is 5.28. The van der Waals surface area contributed by atoms with Crippen molar-refractivity contribution in [2.75, 3.05) is 20.1 Å². The SMILES string of the molecule is CNCCNC(=O)CCc1ccccc1. The Morgan fingerprint density at radius 1 is 1.20 bits per heavy atom. The monoisotopic (exact) mass is 206 g/mol. The number of rotatable bonds is 6. The van der Waals surface area contributed by atoms with E-state index in [0.717, 1.165) is 13.0 Å². The average Bonchev–Trinajstić information content (AvgIpc) is 2.28. The maximum absolute atomic E-state index is 11.4. The first-order chi connectivity index (χ1) is 7.33. The zero-order chi connectivity index (χ0) is 10.9. The van der Waals surface area contributed by atoms with Crippen LogP contribution in [0, 0.1) is 0 Å². The van der Waals surface area contributed by atoms with Crippen LogP contribution < -0.4 is 10.6 Å². The number of benzene rings is 1. The van der Waals surface area contributed by atoms with Crippen LogP contribution in [0.2, 0.25) is 0 Å². The van der Waals surface area contributed by atoms with Crippen LogP contribution >= 0.6 is 0 Å². The molecule has 3 heteroatoms. The van der Waals surface area contributed by atoms with Gasteiger partial charge in [0.25, 0.3) is 0 Å². The first-order valence-corrected chi connectivity index (χ1v) is 5.28. The van der Waals surface area contributed by atoms with Gasteiger partial charge in [0.15, 0.2) is 0 Å². The number of amides is 1. The molecule has 0 radical (unpaired) electrons. The van der Waals surface area contributed by atoms with E-state index in [4.69, 9.17) is 0 Å².